The van der Waals surface area contributed by atoms with Crippen LogP contribution in [0.2, 0.25) is 0 Å². The predicted molar refractivity (Wildman–Crippen MR) is 78.9 cm³/mol. The second-order valence-corrected chi connectivity index (χ2v) is 6.61. The number of rotatable bonds is 6. The average molecular weight is 252 g/mol. The van der Waals surface area contributed by atoms with Crippen molar-refractivity contribution in [1.82, 2.24) is 10.2 Å². The van der Waals surface area contributed by atoms with Gasteiger partial charge in [-0.3, -0.25) is 4.90 Å². The monoisotopic (exact) mass is 252 g/mol. The standard InChI is InChI=1S/C16H32N2/c1-4-16(5-2,12-17-3)13-18-11-7-9-14-8-6-10-15(14)18/h14-15,17H,4-13H2,1-3H3. The van der Waals surface area contributed by atoms with Gasteiger partial charge in [0.05, 0.1) is 0 Å². The maximum atomic E-state index is 3.43. The Morgan fingerprint density at radius 2 is 1.83 bits per heavy atom. The maximum absolute atomic E-state index is 3.43. The van der Waals surface area contributed by atoms with E-state index in [1.807, 2.05) is 0 Å². The van der Waals surface area contributed by atoms with Crippen molar-refractivity contribution in [3.8, 4) is 0 Å². The van der Waals surface area contributed by atoms with Crippen molar-refractivity contribution >= 4 is 0 Å². The first-order valence-corrected chi connectivity index (χ1v) is 8.13. The Balaban J connectivity index is 2.01. The number of hydrogen-bond acceptors (Lipinski definition) is 2. The molecular weight excluding hydrogens is 220 g/mol. The highest BCUT2D eigenvalue weighted by Gasteiger charge is 2.38. The molecule has 2 atom stereocenters. The third kappa shape index (κ3) is 2.91. The number of fused-ring (bicyclic) bond motifs is 1. The van der Waals surface area contributed by atoms with Crippen molar-refractivity contribution < 1.29 is 0 Å². The van der Waals surface area contributed by atoms with E-state index in [4.69, 9.17) is 0 Å². The Kier molecular flexibility index (Phi) is 5.08. The molecule has 1 heterocycles. The molecule has 106 valence electrons. The SMILES string of the molecule is CCC(CC)(CNC)CN1CCCC2CCCC21. The van der Waals surface area contributed by atoms with Gasteiger partial charge in [0.25, 0.3) is 0 Å². The quantitative estimate of drug-likeness (QED) is 0.780. The highest BCUT2D eigenvalue weighted by molar-refractivity contribution is 4.92. The fraction of sp³-hybridized carbons (Fsp3) is 1.00. The molecule has 2 fully saturated rings. The van der Waals surface area contributed by atoms with Crippen LogP contribution in [0.15, 0.2) is 0 Å². The molecule has 0 aromatic rings. The Morgan fingerprint density at radius 3 is 2.50 bits per heavy atom. The van der Waals surface area contributed by atoms with E-state index in [0.717, 1.165) is 12.0 Å². The summed E-state index contributed by atoms with van der Waals surface area (Å²) in [5.41, 5.74) is 0.499. The first-order valence-electron chi connectivity index (χ1n) is 8.13. The van der Waals surface area contributed by atoms with E-state index >= 15 is 0 Å². The summed E-state index contributed by atoms with van der Waals surface area (Å²) >= 11 is 0. The third-order valence-corrected chi connectivity index (χ3v) is 5.70. The zero-order valence-corrected chi connectivity index (χ0v) is 12.7. The van der Waals surface area contributed by atoms with Crippen molar-refractivity contribution in [2.24, 2.45) is 11.3 Å². The van der Waals surface area contributed by atoms with Crippen LogP contribution in [0.25, 0.3) is 0 Å². The van der Waals surface area contributed by atoms with Crippen LogP contribution in [-0.4, -0.2) is 37.6 Å². The van der Waals surface area contributed by atoms with Crippen molar-refractivity contribution in [2.45, 2.75) is 64.8 Å². The lowest BCUT2D eigenvalue weighted by Crippen LogP contribution is -2.50. The van der Waals surface area contributed by atoms with Crippen LogP contribution in [0, 0.1) is 11.3 Å². The van der Waals surface area contributed by atoms with Crippen LogP contribution in [0.3, 0.4) is 0 Å². The summed E-state index contributed by atoms with van der Waals surface area (Å²) in [5.74, 6) is 1.03. The van der Waals surface area contributed by atoms with Crippen LogP contribution in [0.1, 0.15) is 58.8 Å². The molecule has 0 radical (unpaired) electrons. The van der Waals surface area contributed by atoms with Crippen LogP contribution in [-0.2, 0) is 0 Å². The van der Waals surface area contributed by atoms with E-state index in [2.05, 4.69) is 31.1 Å². The normalized spacial score (nSPS) is 29.5. The first kappa shape index (κ1) is 14.3. The molecule has 0 spiro atoms. The number of nitrogens with zero attached hydrogens (tertiary/aromatic N) is 1. The minimum absolute atomic E-state index is 0.499. The average Bonchev–Trinajstić information content (AvgIpc) is 2.87. The molecule has 18 heavy (non-hydrogen) atoms. The van der Waals surface area contributed by atoms with E-state index in [0.29, 0.717) is 5.41 Å². The molecule has 0 amide bonds. The summed E-state index contributed by atoms with van der Waals surface area (Å²) in [6, 6.07) is 0.924. The van der Waals surface area contributed by atoms with Gasteiger partial charge in [-0.15, -0.1) is 0 Å². The van der Waals surface area contributed by atoms with Crippen molar-refractivity contribution in [3.63, 3.8) is 0 Å². The Hall–Kier alpha value is -0.0800. The van der Waals surface area contributed by atoms with Gasteiger partial charge >= 0.3 is 0 Å². The molecule has 2 rings (SSSR count). The lowest BCUT2D eigenvalue weighted by atomic mass is 9.80. The molecule has 1 N–H and O–H groups in total. The zero-order valence-electron chi connectivity index (χ0n) is 12.7. The molecule has 2 nitrogen and oxygen atoms in total. The van der Waals surface area contributed by atoms with Gasteiger partial charge in [0, 0.05) is 19.1 Å². The molecule has 1 aliphatic heterocycles. The molecule has 1 saturated carbocycles. The Morgan fingerprint density at radius 1 is 1.11 bits per heavy atom. The van der Waals surface area contributed by atoms with Gasteiger partial charge in [-0.2, -0.15) is 0 Å². The van der Waals surface area contributed by atoms with Crippen molar-refractivity contribution in [2.75, 3.05) is 26.7 Å². The molecular formula is C16H32N2. The smallest absolute Gasteiger partial charge is 0.0124 e. The van der Waals surface area contributed by atoms with Gasteiger partial charge in [0.15, 0.2) is 0 Å². The van der Waals surface area contributed by atoms with Gasteiger partial charge in [-0.1, -0.05) is 20.3 Å². The molecule has 0 bridgehead atoms. The molecule has 1 aliphatic carbocycles. The second-order valence-electron chi connectivity index (χ2n) is 6.61. The van der Waals surface area contributed by atoms with Crippen molar-refractivity contribution in [3.05, 3.63) is 0 Å². The van der Waals surface area contributed by atoms with Gasteiger partial charge < -0.3 is 5.32 Å². The topological polar surface area (TPSA) is 15.3 Å². The maximum Gasteiger partial charge on any atom is 0.0124 e. The zero-order chi connectivity index (χ0) is 13.0. The lowest BCUT2D eigenvalue weighted by Gasteiger charge is -2.44. The first-order chi connectivity index (χ1) is 8.74. The molecule has 2 heteroatoms. The minimum atomic E-state index is 0.499. The number of piperidine rings is 1. The molecule has 0 aromatic heterocycles. The van der Waals surface area contributed by atoms with Crippen molar-refractivity contribution in [1.29, 1.82) is 0 Å². The number of hydrogen-bond donors (Lipinski definition) is 1. The highest BCUT2D eigenvalue weighted by atomic mass is 15.2. The van der Waals surface area contributed by atoms with Crippen LogP contribution in [0.4, 0.5) is 0 Å². The molecule has 1 saturated heterocycles. The van der Waals surface area contributed by atoms with Crippen LogP contribution >= 0.6 is 0 Å². The lowest BCUT2D eigenvalue weighted by molar-refractivity contribution is 0.0543. The summed E-state index contributed by atoms with van der Waals surface area (Å²) in [4.78, 5) is 2.85. The summed E-state index contributed by atoms with van der Waals surface area (Å²) in [5, 5.41) is 3.43. The second kappa shape index (κ2) is 6.38. The van der Waals surface area contributed by atoms with E-state index in [1.54, 1.807) is 0 Å². The predicted octanol–water partition coefficient (Wildman–Crippen LogP) is 3.28. The summed E-state index contributed by atoms with van der Waals surface area (Å²) in [6.45, 7) is 8.59. The van der Waals surface area contributed by atoms with E-state index in [9.17, 15) is 0 Å². The van der Waals surface area contributed by atoms with Gasteiger partial charge in [0.2, 0.25) is 0 Å². The van der Waals surface area contributed by atoms with E-state index in [-0.39, 0.29) is 0 Å². The van der Waals surface area contributed by atoms with Gasteiger partial charge in [-0.05, 0) is 63.5 Å². The molecule has 2 unspecified atom stereocenters. The van der Waals surface area contributed by atoms with E-state index in [1.165, 1.54) is 64.6 Å². The fourth-order valence-electron chi connectivity index (χ4n) is 4.34. The number of likely N-dealkylation sites (tertiary alicyclic amines) is 1. The van der Waals surface area contributed by atoms with E-state index < -0.39 is 0 Å². The number of nitrogens with one attached hydrogen (secondary N) is 1. The van der Waals surface area contributed by atoms with Gasteiger partial charge in [-0.25, -0.2) is 0 Å². The summed E-state index contributed by atoms with van der Waals surface area (Å²) in [7, 11) is 2.11. The van der Waals surface area contributed by atoms with Crippen LogP contribution in [0.5, 0.6) is 0 Å². The van der Waals surface area contributed by atoms with Crippen LogP contribution < -0.4 is 5.32 Å². The Bertz CT molecular complexity index is 247. The Labute approximate surface area is 114 Å². The highest BCUT2D eigenvalue weighted by Crippen LogP contribution is 2.39. The van der Waals surface area contributed by atoms with Gasteiger partial charge in [0.1, 0.15) is 0 Å². The third-order valence-electron chi connectivity index (χ3n) is 5.70. The fourth-order valence-corrected chi connectivity index (χ4v) is 4.34. The largest absolute Gasteiger partial charge is 0.319 e. The summed E-state index contributed by atoms with van der Waals surface area (Å²) < 4.78 is 0. The molecule has 0 aromatic carbocycles. The minimum Gasteiger partial charge on any atom is -0.319 e. The molecule has 2 aliphatic rings. The summed E-state index contributed by atoms with van der Waals surface area (Å²) in [6.07, 6.45) is 9.98.